The summed E-state index contributed by atoms with van der Waals surface area (Å²) in [5, 5.41) is 0. The highest BCUT2D eigenvalue weighted by atomic mass is 33.1. The summed E-state index contributed by atoms with van der Waals surface area (Å²) in [6.07, 6.45) is 8.18. The van der Waals surface area contributed by atoms with Gasteiger partial charge in [0.2, 0.25) is 0 Å². The summed E-state index contributed by atoms with van der Waals surface area (Å²) in [6, 6.07) is 0. The van der Waals surface area contributed by atoms with Crippen molar-refractivity contribution < 1.29 is 4.74 Å². The fourth-order valence-corrected chi connectivity index (χ4v) is 3.87. The molecule has 0 aliphatic carbocycles. The van der Waals surface area contributed by atoms with E-state index in [4.69, 9.17) is 4.74 Å². The van der Waals surface area contributed by atoms with E-state index in [1.54, 1.807) is 0 Å². The Morgan fingerprint density at radius 2 is 1.45 bits per heavy atom. The number of hydrogen-bond acceptors (Lipinski definition) is 4. The van der Waals surface area contributed by atoms with E-state index in [1.807, 2.05) is 10.8 Å². The molecule has 0 bridgehead atoms. The molecule has 1 saturated heterocycles. The molecule has 1 aliphatic rings. The maximum absolute atomic E-state index is 5.33. The lowest BCUT2D eigenvalue weighted by Gasteiger charge is -2.26. The first kappa shape index (κ1) is 20.6. The van der Waals surface area contributed by atoms with Gasteiger partial charge in [0.05, 0.1) is 13.2 Å². The Bertz CT molecular complexity index is 174. The fourth-order valence-electron chi connectivity index (χ4n) is 1.70. The summed E-state index contributed by atoms with van der Waals surface area (Å²) in [5.41, 5.74) is 0. The van der Waals surface area contributed by atoms with Crippen LogP contribution in [0.25, 0.3) is 0 Å². The number of morpholine rings is 1. The van der Waals surface area contributed by atoms with Crippen molar-refractivity contribution in [3.63, 3.8) is 0 Å². The van der Waals surface area contributed by atoms with Crippen molar-refractivity contribution in [1.82, 2.24) is 4.90 Å². The summed E-state index contributed by atoms with van der Waals surface area (Å²) < 4.78 is 5.33. The van der Waals surface area contributed by atoms with E-state index in [-0.39, 0.29) is 0 Å². The maximum atomic E-state index is 5.33. The van der Waals surface area contributed by atoms with Crippen LogP contribution in [0.3, 0.4) is 0 Å². The minimum absolute atomic E-state index is 0.925. The Hall–Kier alpha value is 0.620. The van der Waals surface area contributed by atoms with E-state index in [2.05, 4.69) is 36.5 Å². The molecule has 0 spiro atoms. The molecule has 1 heterocycles. The fraction of sp³-hybridized carbons (Fsp3) is 1.00. The van der Waals surface area contributed by atoms with Crippen LogP contribution in [0.5, 0.6) is 0 Å². The van der Waals surface area contributed by atoms with E-state index < -0.39 is 0 Å². The number of hydrogen-bond donors (Lipinski definition) is 0. The quantitative estimate of drug-likeness (QED) is 0.410. The highest BCUT2D eigenvalue weighted by Crippen LogP contribution is 2.22. The normalized spacial score (nSPS) is 15.8. The SMILES string of the molecule is CCCC.CCCCCCSSCCN1CCOCC1. The van der Waals surface area contributed by atoms with Gasteiger partial charge in [0.25, 0.3) is 0 Å². The van der Waals surface area contributed by atoms with Crippen LogP contribution >= 0.6 is 21.6 Å². The summed E-state index contributed by atoms with van der Waals surface area (Å²) >= 11 is 0. The van der Waals surface area contributed by atoms with E-state index in [9.17, 15) is 0 Å². The van der Waals surface area contributed by atoms with Crippen molar-refractivity contribution in [1.29, 1.82) is 0 Å². The van der Waals surface area contributed by atoms with Gasteiger partial charge in [-0.3, -0.25) is 4.90 Å². The smallest absolute Gasteiger partial charge is 0.0594 e. The predicted octanol–water partition coefficient (Wildman–Crippen LogP) is 5.09. The molecule has 0 aromatic rings. The summed E-state index contributed by atoms with van der Waals surface area (Å²) in [6.45, 7) is 12.0. The Morgan fingerprint density at radius 3 is 2.05 bits per heavy atom. The molecule has 1 fully saturated rings. The van der Waals surface area contributed by atoms with Crippen LogP contribution in [0.1, 0.15) is 59.3 Å². The second kappa shape index (κ2) is 17.7. The minimum Gasteiger partial charge on any atom is -0.379 e. The van der Waals surface area contributed by atoms with E-state index in [0.29, 0.717) is 0 Å². The molecule has 1 aliphatic heterocycles. The summed E-state index contributed by atoms with van der Waals surface area (Å²) in [7, 11) is 4.09. The lowest BCUT2D eigenvalue weighted by molar-refractivity contribution is 0.0410. The molecular formula is C16H35NOS2. The zero-order chi connectivity index (χ0) is 14.9. The highest BCUT2D eigenvalue weighted by molar-refractivity contribution is 8.76. The van der Waals surface area contributed by atoms with Crippen molar-refractivity contribution in [2.45, 2.75) is 59.3 Å². The first-order valence-electron chi connectivity index (χ1n) is 8.39. The molecule has 4 heteroatoms. The van der Waals surface area contributed by atoms with Crippen LogP contribution in [-0.4, -0.2) is 49.3 Å². The molecule has 20 heavy (non-hydrogen) atoms. The van der Waals surface area contributed by atoms with Gasteiger partial charge in [-0.05, 0) is 6.42 Å². The Morgan fingerprint density at radius 1 is 0.800 bits per heavy atom. The molecule has 2 nitrogen and oxygen atoms in total. The second-order valence-electron chi connectivity index (χ2n) is 5.16. The summed E-state index contributed by atoms with van der Waals surface area (Å²) in [5.74, 6) is 2.59. The largest absolute Gasteiger partial charge is 0.379 e. The molecule has 0 radical (unpaired) electrons. The number of unbranched alkanes of at least 4 members (excludes halogenated alkanes) is 4. The molecular weight excluding hydrogens is 286 g/mol. The van der Waals surface area contributed by atoms with Crippen LogP contribution < -0.4 is 0 Å². The third-order valence-corrected chi connectivity index (χ3v) is 5.73. The molecule has 1 rings (SSSR count). The third kappa shape index (κ3) is 15.0. The second-order valence-corrected chi connectivity index (χ2v) is 7.86. The van der Waals surface area contributed by atoms with Gasteiger partial charge in [0, 0.05) is 31.1 Å². The molecule has 0 aromatic carbocycles. The van der Waals surface area contributed by atoms with Crippen LogP contribution in [0.15, 0.2) is 0 Å². The number of ether oxygens (including phenoxy) is 1. The van der Waals surface area contributed by atoms with E-state index in [0.717, 1.165) is 26.3 Å². The van der Waals surface area contributed by atoms with Crippen molar-refractivity contribution in [2.75, 3.05) is 44.4 Å². The van der Waals surface area contributed by atoms with Gasteiger partial charge in [-0.1, -0.05) is 74.5 Å². The molecule has 122 valence electrons. The first-order valence-corrected chi connectivity index (χ1v) is 10.9. The monoisotopic (exact) mass is 321 g/mol. The third-order valence-electron chi connectivity index (χ3n) is 3.26. The zero-order valence-electron chi connectivity index (χ0n) is 13.9. The minimum atomic E-state index is 0.925. The van der Waals surface area contributed by atoms with Crippen molar-refractivity contribution >= 4 is 21.6 Å². The van der Waals surface area contributed by atoms with Crippen LogP contribution in [-0.2, 0) is 4.74 Å². The van der Waals surface area contributed by atoms with Crippen LogP contribution in [0.4, 0.5) is 0 Å². The molecule has 0 aromatic heterocycles. The van der Waals surface area contributed by atoms with Gasteiger partial charge in [0.1, 0.15) is 0 Å². The zero-order valence-corrected chi connectivity index (χ0v) is 15.5. The van der Waals surface area contributed by atoms with Gasteiger partial charge >= 0.3 is 0 Å². The summed E-state index contributed by atoms with van der Waals surface area (Å²) in [4.78, 5) is 2.51. The van der Waals surface area contributed by atoms with Gasteiger partial charge in [-0.2, -0.15) is 0 Å². The van der Waals surface area contributed by atoms with Crippen molar-refractivity contribution in [3.8, 4) is 0 Å². The standard InChI is InChI=1S/C12H25NOS2.C4H10/c1-2-3-4-5-11-15-16-12-8-13-6-9-14-10-7-13;1-3-4-2/h2-12H2,1H3;3-4H2,1-2H3. The Kier molecular flexibility index (Phi) is 18.2. The van der Waals surface area contributed by atoms with E-state index >= 15 is 0 Å². The molecule has 0 unspecified atom stereocenters. The van der Waals surface area contributed by atoms with Crippen LogP contribution in [0.2, 0.25) is 0 Å². The lowest BCUT2D eigenvalue weighted by atomic mass is 10.2. The molecule has 0 amide bonds. The average Bonchev–Trinajstić information content (AvgIpc) is 2.51. The van der Waals surface area contributed by atoms with Crippen molar-refractivity contribution in [2.24, 2.45) is 0 Å². The van der Waals surface area contributed by atoms with Crippen molar-refractivity contribution in [3.05, 3.63) is 0 Å². The number of rotatable bonds is 10. The van der Waals surface area contributed by atoms with Gasteiger partial charge in [-0.15, -0.1) is 0 Å². The predicted molar refractivity (Wildman–Crippen MR) is 96.9 cm³/mol. The Labute approximate surface area is 135 Å². The van der Waals surface area contributed by atoms with Gasteiger partial charge in [0.15, 0.2) is 0 Å². The first-order chi connectivity index (χ1) is 9.85. The van der Waals surface area contributed by atoms with E-state index in [1.165, 1.54) is 56.6 Å². The number of nitrogens with zero attached hydrogens (tertiary/aromatic N) is 1. The maximum Gasteiger partial charge on any atom is 0.0594 e. The highest BCUT2D eigenvalue weighted by Gasteiger charge is 2.08. The molecule has 0 saturated carbocycles. The molecule has 0 N–H and O–H groups in total. The van der Waals surface area contributed by atoms with Gasteiger partial charge < -0.3 is 4.74 Å². The van der Waals surface area contributed by atoms with Gasteiger partial charge in [-0.25, -0.2) is 0 Å². The molecule has 0 atom stereocenters. The Balaban J connectivity index is 0.000000796. The lowest BCUT2D eigenvalue weighted by Crippen LogP contribution is -2.37. The van der Waals surface area contributed by atoms with Crippen LogP contribution in [0, 0.1) is 0 Å². The average molecular weight is 322 g/mol. The topological polar surface area (TPSA) is 12.5 Å².